The number of fused-ring (bicyclic) bond motifs is 1. The van der Waals surface area contributed by atoms with E-state index in [0.29, 0.717) is 18.4 Å². The average molecular weight is 349 g/mol. The molecule has 0 spiro atoms. The summed E-state index contributed by atoms with van der Waals surface area (Å²) in [6.07, 6.45) is 5.91. The predicted octanol–water partition coefficient (Wildman–Crippen LogP) is 3.70. The summed E-state index contributed by atoms with van der Waals surface area (Å²) in [6.45, 7) is 4.73. The number of carbonyl (C=O) groups excluding carboxylic acids is 1. The molecule has 1 aromatic rings. The summed E-state index contributed by atoms with van der Waals surface area (Å²) in [6, 6.07) is 4.59. The summed E-state index contributed by atoms with van der Waals surface area (Å²) < 4.78 is 11.6. The number of rotatable bonds is 7. The Bertz CT molecular complexity index is 584. The Hall–Kier alpha value is -1.36. The average Bonchev–Trinajstić information content (AvgIpc) is 3.16. The molecule has 132 valence electrons. The summed E-state index contributed by atoms with van der Waals surface area (Å²) in [7, 11) is 0. The van der Waals surface area contributed by atoms with Crippen LogP contribution in [0.25, 0.3) is 0 Å². The fourth-order valence-electron chi connectivity index (χ4n) is 3.48. The van der Waals surface area contributed by atoms with Crippen LogP contribution < -0.4 is 14.8 Å². The molecule has 24 heavy (non-hydrogen) atoms. The fourth-order valence-corrected chi connectivity index (χ4v) is 4.29. The van der Waals surface area contributed by atoms with Crippen LogP contribution in [0.5, 0.6) is 11.5 Å². The van der Waals surface area contributed by atoms with Gasteiger partial charge in [0.2, 0.25) is 5.91 Å². The van der Waals surface area contributed by atoms with Crippen molar-refractivity contribution < 1.29 is 14.3 Å². The third kappa shape index (κ3) is 4.38. The highest BCUT2D eigenvalue weighted by Crippen LogP contribution is 2.36. The molecule has 0 aromatic heterocycles. The summed E-state index contributed by atoms with van der Waals surface area (Å²) in [5, 5.41) is 3.14. The topological polar surface area (TPSA) is 47.6 Å². The van der Waals surface area contributed by atoms with Gasteiger partial charge in [-0.25, -0.2) is 0 Å². The number of benzene rings is 1. The van der Waals surface area contributed by atoms with E-state index in [9.17, 15) is 4.79 Å². The molecule has 0 bridgehead atoms. The Morgan fingerprint density at radius 1 is 1.38 bits per heavy atom. The van der Waals surface area contributed by atoms with E-state index in [1.54, 1.807) is 11.8 Å². The van der Waals surface area contributed by atoms with Crippen molar-refractivity contribution in [3.63, 3.8) is 0 Å². The predicted molar refractivity (Wildman–Crippen MR) is 98.0 cm³/mol. The van der Waals surface area contributed by atoms with Crippen LogP contribution in [0.3, 0.4) is 0 Å². The highest BCUT2D eigenvalue weighted by Gasteiger charge is 2.22. The maximum absolute atomic E-state index is 12.0. The first-order valence-corrected chi connectivity index (χ1v) is 10.1. The van der Waals surface area contributed by atoms with Crippen molar-refractivity contribution in [1.29, 1.82) is 0 Å². The molecule has 1 unspecified atom stereocenters. The number of carbonyl (C=O) groups is 1. The van der Waals surface area contributed by atoms with Gasteiger partial charge in [-0.1, -0.05) is 12.8 Å². The van der Waals surface area contributed by atoms with E-state index in [2.05, 4.69) is 24.4 Å². The van der Waals surface area contributed by atoms with Crippen molar-refractivity contribution >= 4 is 17.7 Å². The van der Waals surface area contributed by atoms with Crippen LogP contribution >= 0.6 is 11.8 Å². The maximum Gasteiger partial charge on any atom is 0.230 e. The molecular weight excluding hydrogens is 322 g/mol. The first-order valence-electron chi connectivity index (χ1n) is 8.98. The second-order valence-corrected chi connectivity index (χ2v) is 7.66. The zero-order valence-corrected chi connectivity index (χ0v) is 15.4. The molecule has 1 fully saturated rings. The Kier molecular flexibility index (Phi) is 5.93. The van der Waals surface area contributed by atoms with Crippen molar-refractivity contribution in [3.8, 4) is 11.5 Å². The number of ether oxygens (including phenoxy) is 2. The van der Waals surface area contributed by atoms with Gasteiger partial charge in [-0.2, -0.15) is 0 Å². The Balaban J connectivity index is 1.55. The molecule has 1 aliphatic heterocycles. The largest absolute Gasteiger partial charge is 0.494 e. The molecule has 0 saturated heterocycles. The van der Waals surface area contributed by atoms with E-state index in [-0.39, 0.29) is 12.0 Å². The van der Waals surface area contributed by atoms with Gasteiger partial charge in [0.1, 0.15) is 17.6 Å². The highest BCUT2D eigenvalue weighted by atomic mass is 32.2. The SMILES string of the molecule is CCOc1cc2c(cc1CSCC(=O)NC1CCCC1)OC(C)C2. The van der Waals surface area contributed by atoms with Gasteiger partial charge in [0.05, 0.1) is 12.4 Å². The van der Waals surface area contributed by atoms with E-state index in [1.807, 2.05) is 6.92 Å². The minimum Gasteiger partial charge on any atom is -0.494 e. The molecule has 3 rings (SSSR count). The highest BCUT2D eigenvalue weighted by molar-refractivity contribution is 7.99. The van der Waals surface area contributed by atoms with E-state index >= 15 is 0 Å². The van der Waals surface area contributed by atoms with E-state index < -0.39 is 0 Å². The van der Waals surface area contributed by atoms with Gasteiger partial charge < -0.3 is 14.8 Å². The smallest absolute Gasteiger partial charge is 0.230 e. The summed E-state index contributed by atoms with van der Waals surface area (Å²) in [4.78, 5) is 12.0. The molecule has 1 N–H and O–H groups in total. The molecule has 4 nitrogen and oxygen atoms in total. The molecule has 1 aromatic carbocycles. The minimum atomic E-state index is 0.149. The monoisotopic (exact) mass is 349 g/mol. The van der Waals surface area contributed by atoms with Crippen LogP contribution in [0.15, 0.2) is 12.1 Å². The number of hydrogen-bond donors (Lipinski definition) is 1. The molecule has 1 atom stereocenters. The lowest BCUT2D eigenvalue weighted by Crippen LogP contribution is -2.33. The number of thioether (sulfide) groups is 1. The van der Waals surface area contributed by atoms with Gasteiger partial charge in [0.25, 0.3) is 0 Å². The molecule has 1 heterocycles. The molecule has 2 aliphatic rings. The first kappa shape index (κ1) is 17.5. The first-order chi connectivity index (χ1) is 11.7. The number of amides is 1. The van der Waals surface area contributed by atoms with Crippen molar-refractivity contribution in [1.82, 2.24) is 5.32 Å². The molecule has 1 saturated carbocycles. The lowest BCUT2D eigenvalue weighted by molar-refractivity contribution is -0.119. The van der Waals surface area contributed by atoms with Crippen molar-refractivity contribution in [2.24, 2.45) is 0 Å². The normalized spacial score (nSPS) is 19.8. The van der Waals surface area contributed by atoms with Gasteiger partial charge in [0.15, 0.2) is 0 Å². The standard InChI is InChI=1S/C19H27NO3S/c1-3-22-17-9-14-8-13(2)23-18(14)10-15(17)11-24-12-19(21)20-16-6-4-5-7-16/h9-10,13,16H,3-8,11-12H2,1-2H3,(H,20,21). The summed E-state index contributed by atoms with van der Waals surface area (Å²) >= 11 is 1.64. The third-order valence-electron chi connectivity index (χ3n) is 4.59. The van der Waals surface area contributed by atoms with Gasteiger partial charge in [-0.05, 0) is 38.8 Å². The lowest BCUT2D eigenvalue weighted by atomic mass is 10.1. The van der Waals surface area contributed by atoms with Crippen molar-refractivity contribution in [2.45, 2.75) is 63.9 Å². The van der Waals surface area contributed by atoms with Crippen LogP contribution in [0.4, 0.5) is 0 Å². The second-order valence-electron chi connectivity index (χ2n) is 6.67. The maximum atomic E-state index is 12.0. The lowest BCUT2D eigenvalue weighted by Gasteiger charge is -2.14. The zero-order chi connectivity index (χ0) is 16.9. The van der Waals surface area contributed by atoms with Crippen molar-refractivity contribution in [3.05, 3.63) is 23.3 Å². The zero-order valence-electron chi connectivity index (χ0n) is 14.6. The number of nitrogens with one attached hydrogen (secondary N) is 1. The second kappa shape index (κ2) is 8.15. The van der Waals surface area contributed by atoms with Crippen LogP contribution in [-0.4, -0.2) is 30.4 Å². The fraction of sp³-hybridized carbons (Fsp3) is 0.632. The van der Waals surface area contributed by atoms with Crippen LogP contribution in [0.1, 0.15) is 50.7 Å². The molecule has 1 aliphatic carbocycles. The Morgan fingerprint density at radius 3 is 2.92 bits per heavy atom. The Morgan fingerprint density at radius 2 is 2.17 bits per heavy atom. The van der Waals surface area contributed by atoms with Gasteiger partial charge in [-0.15, -0.1) is 11.8 Å². The molecule has 5 heteroatoms. The van der Waals surface area contributed by atoms with E-state index in [0.717, 1.165) is 42.1 Å². The molecular formula is C19H27NO3S. The van der Waals surface area contributed by atoms with Crippen LogP contribution in [-0.2, 0) is 17.0 Å². The third-order valence-corrected chi connectivity index (χ3v) is 5.57. The van der Waals surface area contributed by atoms with Crippen molar-refractivity contribution in [2.75, 3.05) is 12.4 Å². The van der Waals surface area contributed by atoms with Gasteiger partial charge in [-0.3, -0.25) is 4.79 Å². The summed E-state index contributed by atoms with van der Waals surface area (Å²) in [5.74, 6) is 3.31. The van der Waals surface area contributed by atoms with E-state index in [4.69, 9.17) is 9.47 Å². The number of hydrogen-bond acceptors (Lipinski definition) is 4. The Labute approximate surface area is 148 Å². The molecule has 1 amide bonds. The van der Waals surface area contributed by atoms with Gasteiger partial charge >= 0.3 is 0 Å². The van der Waals surface area contributed by atoms with Crippen LogP contribution in [0.2, 0.25) is 0 Å². The van der Waals surface area contributed by atoms with Gasteiger partial charge in [0, 0.05) is 29.3 Å². The van der Waals surface area contributed by atoms with E-state index in [1.165, 1.54) is 18.4 Å². The minimum absolute atomic E-state index is 0.149. The quantitative estimate of drug-likeness (QED) is 0.815. The summed E-state index contributed by atoms with van der Waals surface area (Å²) in [5.41, 5.74) is 2.34. The van der Waals surface area contributed by atoms with Crippen LogP contribution in [0, 0.1) is 0 Å². The molecule has 0 radical (unpaired) electrons.